The van der Waals surface area contributed by atoms with Crippen LogP contribution in [-0.4, -0.2) is 54.5 Å². The van der Waals surface area contributed by atoms with Crippen LogP contribution in [0.15, 0.2) is 36.4 Å². The summed E-state index contributed by atoms with van der Waals surface area (Å²) in [6.45, 7) is 0. The Hall–Kier alpha value is -3.37. The molecule has 9 nitrogen and oxygen atoms in total. The average Bonchev–Trinajstić information content (AvgIpc) is 3.07. The number of carboxylic acid groups (broad SMARTS) is 1. The van der Waals surface area contributed by atoms with E-state index in [1.54, 1.807) is 32.4 Å². The molecule has 10 heteroatoms. The molecule has 0 amide bonds. The molecule has 1 heterocycles. The second-order valence-electron chi connectivity index (χ2n) is 5.81. The van der Waals surface area contributed by atoms with Crippen LogP contribution in [0.5, 0.6) is 11.5 Å². The summed E-state index contributed by atoms with van der Waals surface area (Å²) < 4.78 is 36.3. The highest BCUT2D eigenvalue weighted by molar-refractivity contribution is 7.85. The molecule has 0 saturated carbocycles. The number of aromatic nitrogens is 2. The summed E-state index contributed by atoms with van der Waals surface area (Å²) >= 11 is 0. The van der Waals surface area contributed by atoms with Crippen molar-refractivity contribution in [3.8, 4) is 11.5 Å². The fourth-order valence-electron chi connectivity index (χ4n) is 2.43. The smallest absolute Gasteiger partial charge is 0.337 e. The van der Waals surface area contributed by atoms with Crippen LogP contribution in [0.4, 0.5) is 0 Å². The van der Waals surface area contributed by atoms with Crippen LogP contribution in [0.1, 0.15) is 21.7 Å². The third-order valence-corrected chi connectivity index (χ3v) is 3.60. The summed E-state index contributed by atoms with van der Waals surface area (Å²) in [6.07, 6.45) is 4.36. The number of aromatic amines is 1. The molecule has 1 aromatic heterocycles. The predicted octanol–water partition coefficient (Wildman–Crippen LogP) is 2.95. The zero-order chi connectivity index (χ0) is 21.6. The summed E-state index contributed by atoms with van der Waals surface area (Å²) in [5.74, 6) is 0.873. The molecule has 0 unspecified atom stereocenters. The molecule has 0 spiro atoms. The second-order valence-corrected chi connectivity index (χ2v) is 7.28. The van der Waals surface area contributed by atoms with E-state index in [9.17, 15) is 18.3 Å². The second kappa shape index (κ2) is 9.22. The van der Waals surface area contributed by atoms with E-state index in [0.29, 0.717) is 34.6 Å². The lowest BCUT2D eigenvalue weighted by Crippen LogP contribution is -1.96. The van der Waals surface area contributed by atoms with E-state index in [-0.39, 0.29) is 5.56 Å². The molecule has 0 aliphatic carbocycles. The van der Waals surface area contributed by atoms with Crippen molar-refractivity contribution in [3.05, 3.63) is 53.3 Å². The van der Waals surface area contributed by atoms with Gasteiger partial charge in [-0.25, -0.2) is 9.78 Å². The molecular formula is C19H20N2O7S. The quantitative estimate of drug-likeness (QED) is 0.536. The van der Waals surface area contributed by atoms with Gasteiger partial charge in [0, 0.05) is 0 Å². The van der Waals surface area contributed by atoms with Crippen LogP contribution < -0.4 is 9.47 Å². The van der Waals surface area contributed by atoms with Gasteiger partial charge >= 0.3 is 5.97 Å². The Morgan fingerprint density at radius 2 is 1.76 bits per heavy atom. The Morgan fingerprint density at radius 3 is 2.34 bits per heavy atom. The lowest BCUT2D eigenvalue weighted by atomic mass is 10.2. The monoisotopic (exact) mass is 420 g/mol. The maximum atomic E-state index is 11.2. The number of nitrogens with one attached hydrogen (secondary N) is 1. The third-order valence-electron chi connectivity index (χ3n) is 3.60. The van der Waals surface area contributed by atoms with Crippen molar-refractivity contribution in [3.63, 3.8) is 0 Å². The van der Waals surface area contributed by atoms with Crippen molar-refractivity contribution in [1.29, 1.82) is 0 Å². The molecule has 29 heavy (non-hydrogen) atoms. The Balaban J connectivity index is 0.000000537. The molecule has 3 rings (SSSR count). The van der Waals surface area contributed by atoms with Gasteiger partial charge < -0.3 is 19.6 Å². The number of methoxy groups -OCH3 is 2. The van der Waals surface area contributed by atoms with Gasteiger partial charge in [-0.1, -0.05) is 18.2 Å². The fraction of sp³-hybridized carbons (Fsp3) is 0.158. The van der Waals surface area contributed by atoms with Gasteiger partial charge in [-0.15, -0.1) is 0 Å². The van der Waals surface area contributed by atoms with Crippen molar-refractivity contribution in [2.75, 3.05) is 20.5 Å². The molecule has 0 radical (unpaired) electrons. The van der Waals surface area contributed by atoms with Gasteiger partial charge in [0.2, 0.25) is 0 Å². The number of nitrogens with zero attached hydrogens (tertiary/aromatic N) is 1. The zero-order valence-electron chi connectivity index (χ0n) is 15.9. The predicted molar refractivity (Wildman–Crippen MR) is 109 cm³/mol. The summed E-state index contributed by atoms with van der Waals surface area (Å²) in [4.78, 5) is 18.7. The number of fused-ring (bicyclic) bond motifs is 1. The van der Waals surface area contributed by atoms with E-state index in [2.05, 4.69) is 9.97 Å². The van der Waals surface area contributed by atoms with Crippen molar-refractivity contribution in [1.82, 2.24) is 9.97 Å². The highest BCUT2D eigenvalue weighted by Gasteiger charge is 2.11. The molecule has 2 aromatic carbocycles. The first-order chi connectivity index (χ1) is 13.6. The Bertz CT molecular complexity index is 1140. The highest BCUT2D eigenvalue weighted by Crippen LogP contribution is 2.28. The zero-order valence-corrected chi connectivity index (χ0v) is 16.7. The maximum Gasteiger partial charge on any atom is 0.337 e. The van der Waals surface area contributed by atoms with E-state index < -0.39 is 16.1 Å². The molecule has 154 valence electrons. The standard InChI is InChI=1S/C18H16N2O4.CH4O3S/c1-23-14-8-6-11(10-15(14)24-2)7-9-16-19-13-5-3-4-12(18(21)22)17(13)20-16;1-5(2,3)4/h3-10H,1-2H3,(H,19,20)(H,21,22);1H3,(H,2,3,4)/b9-7+;. The average molecular weight is 420 g/mol. The van der Waals surface area contributed by atoms with E-state index >= 15 is 0 Å². The SMILES string of the molecule is COc1ccc(/C=C/c2nc3c(C(=O)O)cccc3[nH]2)cc1OC.CS(=O)(=O)O. The highest BCUT2D eigenvalue weighted by atomic mass is 32.2. The molecule has 3 aromatic rings. The topological polar surface area (TPSA) is 139 Å². The number of imidazole rings is 1. The van der Waals surface area contributed by atoms with Gasteiger partial charge in [0.1, 0.15) is 11.3 Å². The first kappa shape index (κ1) is 21.9. The number of para-hydroxylation sites is 1. The minimum absolute atomic E-state index is 0.175. The molecular weight excluding hydrogens is 400 g/mol. The Kier molecular flexibility index (Phi) is 6.97. The van der Waals surface area contributed by atoms with Gasteiger partial charge in [-0.2, -0.15) is 8.42 Å². The first-order valence-corrected chi connectivity index (χ1v) is 10.0. The van der Waals surface area contributed by atoms with Crippen molar-refractivity contribution in [2.24, 2.45) is 0 Å². The molecule has 3 N–H and O–H groups in total. The Labute approximate surface area is 167 Å². The number of benzene rings is 2. The molecule has 0 aliphatic heterocycles. The number of carbonyl (C=O) groups is 1. The van der Waals surface area contributed by atoms with Crippen molar-refractivity contribution >= 4 is 39.3 Å². The molecule has 0 saturated heterocycles. The van der Waals surface area contributed by atoms with Crippen LogP contribution in [0, 0.1) is 0 Å². The van der Waals surface area contributed by atoms with Gasteiger partial charge in [-0.3, -0.25) is 4.55 Å². The van der Waals surface area contributed by atoms with Gasteiger partial charge in [0.15, 0.2) is 11.5 Å². The van der Waals surface area contributed by atoms with Gasteiger partial charge in [0.25, 0.3) is 10.1 Å². The molecule has 0 atom stereocenters. The van der Waals surface area contributed by atoms with E-state index in [4.69, 9.17) is 14.0 Å². The molecule has 0 bridgehead atoms. The minimum Gasteiger partial charge on any atom is -0.493 e. The summed E-state index contributed by atoms with van der Waals surface area (Å²) in [7, 11) is -0.500. The van der Waals surface area contributed by atoms with Gasteiger partial charge in [-0.05, 0) is 35.9 Å². The minimum atomic E-state index is -3.67. The van der Waals surface area contributed by atoms with Crippen LogP contribution >= 0.6 is 0 Å². The van der Waals surface area contributed by atoms with Crippen molar-refractivity contribution < 1.29 is 32.3 Å². The number of H-pyrrole nitrogens is 1. The first-order valence-electron chi connectivity index (χ1n) is 8.17. The van der Waals surface area contributed by atoms with Gasteiger partial charge in [0.05, 0.1) is 31.6 Å². The lowest BCUT2D eigenvalue weighted by Gasteiger charge is -2.07. The normalized spacial score (nSPS) is 11.2. The molecule has 0 fully saturated rings. The molecule has 0 aliphatic rings. The third kappa shape index (κ3) is 6.33. The number of rotatable bonds is 5. The van der Waals surface area contributed by atoms with Crippen LogP contribution in [0.2, 0.25) is 0 Å². The summed E-state index contributed by atoms with van der Waals surface area (Å²) in [5, 5.41) is 9.21. The van der Waals surface area contributed by atoms with Crippen LogP contribution in [-0.2, 0) is 10.1 Å². The number of hydrogen-bond donors (Lipinski definition) is 3. The fourth-order valence-corrected chi connectivity index (χ4v) is 2.43. The van der Waals surface area contributed by atoms with Crippen LogP contribution in [0.25, 0.3) is 23.2 Å². The Morgan fingerprint density at radius 1 is 1.10 bits per heavy atom. The van der Waals surface area contributed by atoms with E-state index in [0.717, 1.165) is 5.56 Å². The van der Waals surface area contributed by atoms with E-state index in [1.807, 2.05) is 24.3 Å². The van der Waals surface area contributed by atoms with Crippen molar-refractivity contribution in [2.45, 2.75) is 0 Å². The van der Waals surface area contributed by atoms with E-state index in [1.165, 1.54) is 6.07 Å². The van der Waals surface area contributed by atoms with Crippen LogP contribution in [0.3, 0.4) is 0 Å². The number of ether oxygens (including phenoxy) is 2. The summed E-state index contributed by atoms with van der Waals surface area (Å²) in [6, 6.07) is 10.6. The number of hydrogen-bond acceptors (Lipinski definition) is 6. The largest absolute Gasteiger partial charge is 0.493 e. The summed E-state index contributed by atoms with van der Waals surface area (Å²) in [5.41, 5.74) is 2.21. The lowest BCUT2D eigenvalue weighted by molar-refractivity contribution is 0.0699. The number of aromatic carboxylic acids is 1. The number of carboxylic acids is 1. The maximum absolute atomic E-state index is 11.2.